The first-order valence-electron chi connectivity index (χ1n) is 10.1. The number of anilines is 1. The van der Waals surface area contributed by atoms with Gasteiger partial charge in [-0.05, 0) is 36.8 Å². The topological polar surface area (TPSA) is 92.1 Å². The van der Waals surface area contributed by atoms with Gasteiger partial charge in [-0.1, -0.05) is 66.4 Å². The number of rotatable bonds is 6. The number of amides is 1. The molecule has 2 heterocycles. The van der Waals surface area contributed by atoms with E-state index < -0.39 is 5.25 Å². The number of imidazole rings is 1. The maximum Gasteiger partial charge on any atom is 0.242 e. The van der Waals surface area contributed by atoms with Gasteiger partial charge in [-0.3, -0.25) is 14.0 Å². The van der Waals surface area contributed by atoms with Gasteiger partial charge < -0.3 is 5.32 Å². The van der Waals surface area contributed by atoms with Gasteiger partial charge in [0.05, 0.1) is 11.0 Å². The molecule has 1 amide bonds. The fraction of sp³-hybridized carbons (Fsp3) is 0.0833. The summed E-state index contributed by atoms with van der Waals surface area (Å²) in [4.78, 5) is 29.7. The molecule has 32 heavy (non-hydrogen) atoms. The number of fused-ring (bicyclic) bond motifs is 3. The zero-order valence-corrected chi connectivity index (χ0v) is 18.0. The molecule has 2 N–H and O–H groups in total. The average molecular weight is 442 g/mol. The van der Waals surface area contributed by atoms with Crippen molar-refractivity contribution in [3.63, 3.8) is 0 Å². The number of Topliss-reactive ketones (excluding diaryl/α,β-unsaturated/α-hetero) is 1. The number of hydrogen-bond acceptors (Lipinski definition) is 5. The molecule has 0 aliphatic rings. The molecule has 158 valence electrons. The monoisotopic (exact) mass is 441 g/mol. The molecule has 1 atom stereocenters. The quantitative estimate of drug-likeness (QED) is 0.289. The van der Waals surface area contributed by atoms with Crippen LogP contribution in [0.4, 0.5) is 5.69 Å². The van der Waals surface area contributed by atoms with Crippen molar-refractivity contribution in [3.8, 4) is 0 Å². The summed E-state index contributed by atoms with van der Waals surface area (Å²) in [6, 6.07) is 24.3. The molecule has 7 nitrogen and oxygen atoms in total. The first-order chi connectivity index (χ1) is 15.6. The van der Waals surface area contributed by atoms with Crippen molar-refractivity contribution in [2.75, 3.05) is 5.32 Å². The molecule has 0 saturated carbocycles. The third-order valence-electron chi connectivity index (χ3n) is 5.10. The van der Waals surface area contributed by atoms with Crippen LogP contribution in [0.2, 0.25) is 0 Å². The van der Waals surface area contributed by atoms with E-state index in [9.17, 15) is 9.59 Å². The molecule has 0 fully saturated rings. The largest absolute Gasteiger partial charge is 0.325 e. The Kier molecular flexibility index (Phi) is 5.20. The Bertz CT molecular complexity index is 1440. The zero-order valence-electron chi connectivity index (χ0n) is 17.1. The van der Waals surface area contributed by atoms with Crippen molar-refractivity contribution in [1.29, 1.82) is 0 Å². The van der Waals surface area contributed by atoms with Gasteiger partial charge in [-0.15, -0.1) is 5.10 Å². The van der Waals surface area contributed by atoms with Gasteiger partial charge in [0.1, 0.15) is 5.25 Å². The number of aromatic nitrogens is 4. The second kappa shape index (κ2) is 8.32. The lowest BCUT2D eigenvalue weighted by Gasteiger charge is -2.16. The summed E-state index contributed by atoms with van der Waals surface area (Å²) >= 11 is 1.34. The predicted molar refractivity (Wildman–Crippen MR) is 125 cm³/mol. The molecule has 1 unspecified atom stereocenters. The second-order valence-corrected chi connectivity index (χ2v) is 8.37. The highest BCUT2D eigenvalue weighted by molar-refractivity contribution is 8.00. The molecule has 0 saturated heterocycles. The SMILES string of the molecule is CC(=O)c1cccc(NC(=O)C(Sc2n[nH]c3nc4ccccc4n23)c2ccccc2)c1. The predicted octanol–water partition coefficient (Wildman–Crippen LogP) is 4.89. The van der Waals surface area contributed by atoms with E-state index >= 15 is 0 Å². The van der Waals surface area contributed by atoms with Gasteiger partial charge in [0.15, 0.2) is 10.9 Å². The lowest BCUT2D eigenvalue weighted by molar-refractivity contribution is -0.115. The highest BCUT2D eigenvalue weighted by Crippen LogP contribution is 2.36. The fourth-order valence-electron chi connectivity index (χ4n) is 3.55. The van der Waals surface area contributed by atoms with Crippen molar-refractivity contribution in [2.45, 2.75) is 17.3 Å². The van der Waals surface area contributed by atoms with Gasteiger partial charge in [-0.2, -0.15) is 0 Å². The van der Waals surface area contributed by atoms with Crippen molar-refractivity contribution in [2.24, 2.45) is 0 Å². The Hall–Kier alpha value is -3.91. The number of ketones is 1. The number of H-pyrrole nitrogens is 1. The van der Waals surface area contributed by atoms with Gasteiger partial charge in [0.25, 0.3) is 0 Å². The number of carbonyl (C=O) groups is 2. The molecular weight excluding hydrogens is 422 g/mol. The number of benzene rings is 3. The van der Waals surface area contributed by atoms with Crippen LogP contribution in [-0.4, -0.2) is 31.3 Å². The Balaban J connectivity index is 1.51. The number of nitrogens with zero attached hydrogens (tertiary/aromatic N) is 3. The molecular formula is C24H19N5O2S. The van der Waals surface area contributed by atoms with Crippen molar-refractivity contribution >= 4 is 46.0 Å². The Morgan fingerprint density at radius 3 is 2.59 bits per heavy atom. The second-order valence-electron chi connectivity index (χ2n) is 7.30. The van der Waals surface area contributed by atoms with Crippen LogP contribution in [0.5, 0.6) is 0 Å². The average Bonchev–Trinajstić information content (AvgIpc) is 3.37. The van der Waals surface area contributed by atoms with Crippen molar-refractivity contribution in [3.05, 3.63) is 90.0 Å². The van der Waals surface area contributed by atoms with Gasteiger partial charge in [0, 0.05) is 11.3 Å². The van der Waals surface area contributed by atoms with Gasteiger partial charge in [0.2, 0.25) is 11.7 Å². The normalized spacial score (nSPS) is 12.2. The smallest absolute Gasteiger partial charge is 0.242 e. The van der Waals surface area contributed by atoms with Crippen LogP contribution in [0.3, 0.4) is 0 Å². The minimum atomic E-state index is -0.565. The zero-order chi connectivity index (χ0) is 22.1. The van der Waals surface area contributed by atoms with Gasteiger partial charge >= 0.3 is 0 Å². The van der Waals surface area contributed by atoms with Crippen molar-refractivity contribution in [1.82, 2.24) is 19.6 Å². The minimum absolute atomic E-state index is 0.0546. The van der Waals surface area contributed by atoms with Crippen LogP contribution in [0.1, 0.15) is 28.1 Å². The van der Waals surface area contributed by atoms with E-state index in [1.807, 2.05) is 59.0 Å². The minimum Gasteiger partial charge on any atom is -0.325 e. The van der Waals surface area contributed by atoms with Crippen LogP contribution >= 0.6 is 11.8 Å². The number of para-hydroxylation sites is 2. The number of nitrogens with one attached hydrogen (secondary N) is 2. The Morgan fingerprint density at radius 1 is 1.00 bits per heavy atom. The van der Waals surface area contributed by atoms with E-state index in [1.54, 1.807) is 24.3 Å². The summed E-state index contributed by atoms with van der Waals surface area (Å²) in [6.45, 7) is 1.50. The summed E-state index contributed by atoms with van der Waals surface area (Å²) in [6.07, 6.45) is 0. The number of carbonyl (C=O) groups excluding carboxylic acids is 2. The van der Waals surface area contributed by atoms with E-state index in [1.165, 1.54) is 18.7 Å². The van der Waals surface area contributed by atoms with Crippen LogP contribution in [0.25, 0.3) is 16.8 Å². The summed E-state index contributed by atoms with van der Waals surface area (Å²) in [5.41, 5.74) is 3.73. The standard InChI is InChI=1S/C24H19N5O2S/c1-15(30)17-10-7-11-18(14-17)25-22(31)21(16-8-3-2-4-9-16)32-24-28-27-23-26-19-12-5-6-13-20(19)29(23)24/h2-14,21H,1H3,(H,25,31)(H,26,27). The van der Waals surface area contributed by atoms with E-state index in [4.69, 9.17) is 0 Å². The van der Waals surface area contributed by atoms with E-state index in [0.29, 0.717) is 22.2 Å². The summed E-state index contributed by atoms with van der Waals surface area (Å²) in [5.74, 6) is 0.360. The molecule has 0 spiro atoms. The molecule has 5 aromatic rings. The first kappa shape index (κ1) is 20.0. The van der Waals surface area contributed by atoms with E-state index in [2.05, 4.69) is 20.5 Å². The molecule has 0 radical (unpaired) electrons. The summed E-state index contributed by atoms with van der Waals surface area (Å²) < 4.78 is 1.92. The molecule has 2 aromatic heterocycles. The van der Waals surface area contributed by atoms with E-state index in [-0.39, 0.29) is 11.7 Å². The number of thioether (sulfide) groups is 1. The van der Waals surface area contributed by atoms with E-state index in [0.717, 1.165) is 16.6 Å². The molecule has 0 aliphatic heterocycles. The fourth-order valence-corrected chi connectivity index (χ4v) is 4.61. The third-order valence-corrected chi connectivity index (χ3v) is 6.31. The van der Waals surface area contributed by atoms with Crippen LogP contribution < -0.4 is 5.32 Å². The first-order valence-corrected chi connectivity index (χ1v) is 10.9. The van der Waals surface area contributed by atoms with Crippen LogP contribution in [0, 0.1) is 0 Å². The lowest BCUT2D eigenvalue weighted by atomic mass is 10.1. The highest BCUT2D eigenvalue weighted by atomic mass is 32.2. The maximum atomic E-state index is 13.4. The third kappa shape index (κ3) is 3.76. The van der Waals surface area contributed by atoms with Crippen molar-refractivity contribution < 1.29 is 9.59 Å². The molecule has 8 heteroatoms. The highest BCUT2D eigenvalue weighted by Gasteiger charge is 2.25. The maximum absolute atomic E-state index is 13.4. The Morgan fingerprint density at radius 2 is 1.78 bits per heavy atom. The molecule has 3 aromatic carbocycles. The van der Waals surface area contributed by atoms with Crippen LogP contribution in [0.15, 0.2) is 84.0 Å². The molecule has 0 aliphatic carbocycles. The lowest BCUT2D eigenvalue weighted by Crippen LogP contribution is -2.19. The van der Waals surface area contributed by atoms with Crippen LogP contribution in [-0.2, 0) is 4.79 Å². The summed E-state index contributed by atoms with van der Waals surface area (Å²) in [5, 5.41) is 10.4. The number of hydrogen-bond donors (Lipinski definition) is 2. The number of aromatic amines is 1. The van der Waals surface area contributed by atoms with Gasteiger partial charge in [-0.25, -0.2) is 10.1 Å². The molecule has 0 bridgehead atoms. The molecule has 5 rings (SSSR count). The summed E-state index contributed by atoms with van der Waals surface area (Å²) in [7, 11) is 0. The Labute approximate surface area is 187 Å².